The summed E-state index contributed by atoms with van der Waals surface area (Å²) in [6.07, 6.45) is 2.86. The maximum atomic E-state index is 12.7. The average molecular weight is 390 g/mol. The number of nitrogens with zero attached hydrogens (tertiary/aromatic N) is 1. The Balaban J connectivity index is 2.47. The molecule has 3 atom stereocenters. The van der Waals surface area contributed by atoms with E-state index in [2.05, 4.69) is 57.0 Å². The van der Waals surface area contributed by atoms with E-state index in [0.717, 1.165) is 17.7 Å². The summed E-state index contributed by atoms with van der Waals surface area (Å²) in [7, 11) is 3.54. The van der Waals surface area contributed by atoms with Crippen molar-refractivity contribution >= 4 is 14.3 Å². The molecule has 0 aliphatic heterocycles. The van der Waals surface area contributed by atoms with Crippen LogP contribution in [0.2, 0.25) is 18.1 Å². The van der Waals surface area contributed by atoms with E-state index in [4.69, 9.17) is 9.16 Å². The molecule has 0 aromatic heterocycles. The Hall–Kier alpha value is -1.59. The number of ether oxygens (including phenoxy) is 1. The summed E-state index contributed by atoms with van der Waals surface area (Å²) in [5.41, 5.74) is 1.16. The smallest absolute Gasteiger partial charge is 0.311 e. The molecule has 0 N–H and O–H groups in total. The highest BCUT2D eigenvalue weighted by Gasteiger charge is 2.44. The molecule has 0 saturated heterocycles. The van der Waals surface area contributed by atoms with Gasteiger partial charge in [-0.05, 0) is 43.9 Å². The van der Waals surface area contributed by atoms with Crippen LogP contribution < -0.4 is 0 Å². The maximum absolute atomic E-state index is 12.7. The first-order valence-corrected chi connectivity index (χ1v) is 12.6. The number of likely N-dealkylation sites (N-methyl/N-ethyl adjacent to an activating group) is 1. The molecule has 1 aromatic rings. The fourth-order valence-corrected chi connectivity index (χ4v) is 4.55. The molecule has 5 heteroatoms. The summed E-state index contributed by atoms with van der Waals surface area (Å²) < 4.78 is 11.8. The number of allylic oxidation sites excluding steroid dienone is 1. The highest BCUT2D eigenvalue weighted by Crippen LogP contribution is 2.44. The molecule has 0 amide bonds. The van der Waals surface area contributed by atoms with Gasteiger partial charge < -0.3 is 14.1 Å². The first-order chi connectivity index (χ1) is 12.5. The minimum Gasteiger partial charge on any atom is -0.547 e. The highest BCUT2D eigenvalue weighted by atomic mass is 28.4. The molecule has 1 aliphatic carbocycles. The predicted octanol–water partition coefficient (Wildman–Crippen LogP) is 4.80. The van der Waals surface area contributed by atoms with Gasteiger partial charge in [-0.25, -0.2) is 0 Å². The van der Waals surface area contributed by atoms with Gasteiger partial charge in [0.15, 0.2) is 0 Å². The zero-order chi connectivity index (χ0) is 20.4. The van der Waals surface area contributed by atoms with E-state index in [1.807, 2.05) is 32.3 Å². The maximum Gasteiger partial charge on any atom is 0.311 e. The molecule has 2 rings (SSSR count). The van der Waals surface area contributed by atoms with E-state index in [0.29, 0.717) is 0 Å². The molecular weight excluding hydrogens is 354 g/mol. The second kappa shape index (κ2) is 8.19. The van der Waals surface area contributed by atoms with E-state index >= 15 is 0 Å². The van der Waals surface area contributed by atoms with Crippen molar-refractivity contribution in [1.82, 2.24) is 4.90 Å². The van der Waals surface area contributed by atoms with Gasteiger partial charge in [0.25, 0.3) is 0 Å². The van der Waals surface area contributed by atoms with Crippen molar-refractivity contribution in [3.63, 3.8) is 0 Å². The summed E-state index contributed by atoms with van der Waals surface area (Å²) in [6.45, 7) is 11.3. The van der Waals surface area contributed by atoms with Crippen LogP contribution in [0.15, 0.2) is 42.2 Å². The summed E-state index contributed by atoms with van der Waals surface area (Å²) in [6, 6.07) is 10.2. The van der Waals surface area contributed by atoms with Crippen LogP contribution in [0.5, 0.6) is 0 Å². The van der Waals surface area contributed by atoms with Gasteiger partial charge in [0.2, 0.25) is 8.32 Å². The molecule has 4 nitrogen and oxygen atoms in total. The van der Waals surface area contributed by atoms with Gasteiger partial charge in [0.05, 0.1) is 18.8 Å². The van der Waals surface area contributed by atoms with Crippen LogP contribution in [-0.2, 0) is 14.0 Å². The molecule has 0 saturated carbocycles. The lowest BCUT2D eigenvalue weighted by Gasteiger charge is -2.43. The largest absolute Gasteiger partial charge is 0.547 e. The van der Waals surface area contributed by atoms with Gasteiger partial charge in [-0.1, -0.05) is 51.1 Å². The van der Waals surface area contributed by atoms with Crippen LogP contribution in [-0.4, -0.2) is 46.4 Å². The van der Waals surface area contributed by atoms with Crippen molar-refractivity contribution in [2.24, 2.45) is 5.92 Å². The van der Waals surface area contributed by atoms with Crippen LogP contribution >= 0.6 is 0 Å². The Morgan fingerprint density at radius 1 is 1.15 bits per heavy atom. The summed E-state index contributed by atoms with van der Waals surface area (Å²) in [4.78, 5) is 14.8. The number of benzene rings is 1. The Morgan fingerprint density at radius 3 is 2.22 bits per heavy atom. The van der Waals surface area contributed by atoms with Crippen LogP contribution in [0.4, 0.5) is 0 Å². The fourth-order valence-electron chi connectivity index (χ4n) is 3.44. The average Bonchev–Trinajstić information content (AvgIpc) is 2.59. The van der Waals surface area contributed by atoms with E-state index in [9.17, 15) is 4.79 Å². The minimum absolute atomic E-state index is 0.0378. The molecule has 27 heavy (non-hydrogen) atoms. The fraction of sp³-hybridized carbons (Fsp3) is 0.591. The standard InChI is InChI=1S/C22H35NO3Si/c1-22(2,3)27(7,8)26-17-14-18(16-12-10-9-11-13-16)20(21(24)25-6)19(15-17)23(4)5/h9-13,15,18-20H,14H2,1-8H3/t18-,19+,20-/m1/s1. The third-order valence-electron chi connectivity index (χ3n) is 6.07. The monoisotopic (exact) mass is 389 g/mol. The van der Waals surface area contributed by atoms with Gasteiger partial charge >= 0.3 is 5.97 Å². The molecular formula is C22H35NO3Si. The van der Waals surface area contributed by atoms with Crippen LogP contribution in [0, 0.1) is 5.92 Å². The normalized spacial score (nSPS) is 23.7. The molecule has 150 valence electrons. The SMILES string of the molecule is COC(=O)[C@@H]1[C@@H](c2ccccc2)CC(O[Si](C)(C)C(C)(C)C)=C[C@@H]1N(C)C. The topological polar surface area (TPSA) is 38.8 Å². The molecule has 0 spiro atoms. The number of methoxy groups -OCH3 is 1. The third kappa shape index (κ3) is 4.82. The Labute approximate surface area is 165 Å². The van der Waals surface area contributed by atoms with Crippen LogP contribution in [0.3, 0.4) is 0 Å². The lowest BCUT2D eigenvalue weighted by molar-refractivity contribution is -0.148. The number of esters is 1. The summed E-state index contributed by atoms with van der Waals surface area (Å²) in [5, 5.41) is 0.128. The number of rotatable bonds is 5. The summed E-state index contributed by atoms with van der Waals surface area (Å²) in [5.74, 6) is 0.634. The van der Waals surface area contributed by atoms with E-state index in [1.54, 1.807) is 0 Å². The van der Waals surface area contributed by atoms with Crippen molar-refractivity contribution in [2.75, 3.05) is 21.2 Å². The van der Waals surface area contributed by atoms with Crippen molar-refractivity contribution in [1.29, 1.82) is 0 Å². The lowest BCUT2D eigenvalue weighted by Crippen LogP contribution is -2.46. The minimum atomic E-state index is -1.95. The van der Waals surface area contributed by atoms with Gasteiger partial charge in [0.1, 0.15) is 0 Å². The molecule has 0 heterocycles. The Kier molecular flexibility index (Phi) is 6.58. The molecule has 1 aliphatic rings. The lowest BCUT2D eigenvalue weighted by atomic mass is 9.74. The van der Waals surface area contributed by atoms with E-state index in [1.165, 1.54) is 7.11 Å². The number of hydrogen-bond donors (Lipinski definition) is 0. The molecule has 1 aromatic carbocycles. The molecule has 0 bridgehead atoms. The Bertz CT molecular complexity index is 677. The summed E-state index contributed by atoms with van der Waals surface area (Å²) >= 11 is 0. The highest BCUT2D eigenvalue weighted by molar-refractivity contribution is 6.74. The second-order valence-corrected chi connectivity index (χ2v) is 13.9. The van der Waals surface area contributed by atoms with Crippen molar-refractivity contribution in [3.8, 4) is 0 Å². The van der Waals surface area contributed by atoms with Crippen LogP contribution in [0.25, 0.3) is 0 Å². The van der Waals surface area contributed by atoms with Gasteiger partial charge in [-0.15, -0.1) is 0 Å². The zero-order valence-corrected chi connectivity index (χ0v) is 19.1. The predicted molar refractivity (Wildman–Crippen MR) is 113 cm³/mol. The molecule has 0 radical (unpaired) electrons. The number of carbonyl (C=O) groups excluding carboxylic acids is 1. The third-order valence-corrected chi connectivity index (χ3v) is 10.5. The number of hydrogen-bond acceptors (Lipinski definition) is 4. The van der Waals surface area contributed by atoms with Gasteiger partial charge in [-0.3, -0.25) is 4.79 Å². The van der Waals surface area contributed by atoms with Crippen molar-refractivity contribution in [3.05, 3.63) is 47.7 Å². The second-order valence-electron chi connectivity index (χ2n) is 9.22. The Morgan fingerprint density at radius 2 is 1.74 bits per heavy atom. The van der Waals surface area contributed by atoms with E-state index < -0.39 is 8.32 Å². The number of carbonyl (C=O) groups is 1. The van der Waals surface area contributed by atoms with Crippen molar-refractivity contribution < 1.29 is 14.0 Å². The quantitative estimate of drug-likeness (QED) is 0.536. The van der Waals surface area contributed by atoms with Crippen LogP contribution in [0.1, 0.15) is 38.7 Å². The van der Waals surface area contributed by atoms with E-state index in [-0.39, 0.29) is 28.9 Å². The first-order valence-electron chi connectivity index (χ1n) is 9.67. The van der Waals surface area contributed by atoms with Gasteiger partial charge in [-0.2, -0.15) is 0 Å². The van der Waals surface area contributed by atoms with Crippen molar-refractivity contribution in [2.45, 2.75) is 57.3 Å². The first kappa shape index (κ1) is 21.7. The molecule has 0 unspecified atom stereocenters. The zero-order valence-electron chi connectivity index (χ0n) is 18.1. The molecule has 0 fully saturated rings. The van der Waals surface area contributed by atoms with Gasteiger partial charge in [0, 0.05) is 18.4 Å².